The van der Waals surface area contributed by atoms with Gasteiger partial charge in [0.05, 0.1) is 5.69 Å². The number of nitrogens with one attached hydrogen (secondary N) is 1. The number of aromatic nitrogens is 4. The SMILES string of the molecule is Cc1ccn2cc(-c3cccc(NS(=O)(=O)c4cn(C)c(C(C)C)n4)c3)nc2c1. The zero-order valence-electron chi connectivity index (χ0n) is 16.8. The minimum Gasteiger partial charge on any atom is -0.336 e. The van der Waals surface area contributed by atoms with Gasteiger partial charge in [0, 0.05) is 42.8 Å². The minimum atomic E-state index is -3.79. The molecule has 0 radical (unpaired) electrons. The van der Waals surface area contributed by atoms with Crippen molar-refractivity contribution >= 4 is 21.4 Å². The molecule has 0 saturated carbocycles. The monoisotopic (exact) mass is 409 g/mol. The molecule has 1 N–H and O–H groups in total. The first-order chi connectivity index (χ1) is 13.7. The van der Waals surface area contributed by atoms with E-state index in [-0.39, 0.29) is 10.9 Å². The van der Waals surface area contributed by atoms with Gasteiger partial charge in [0.2, 0.25) is 0 Å². The van der Waals surface area contributed by atoms with Crippen LogP contribution in [0.25, 0.3) is 16.9 Å². The number of pyridine rings is 1. The van der Waals surface area contributed by atoms with Crippen molar-refractivity contribution in [2.24, 2.45) is 7.05 Å². The van der Waals surface area contributed by atoms with Crippen LogP contribution in [0.3, 0.4) is 0 Å². The van der Waals surface area contributed by atoms with E-state index >= 15 is 0 Å². The van der Waals surface area contributed by atoms with Gasteiger partial charge in [-0.25, -0.2) is 9.97 Å². The first-order valence-corrected chi connectivity index (χ1v) is 10.8. The van der Waals surface area contributed by atoms with E-state index in [1.165, 1.54) is 6.20 Å². The van der Waals surface area contributed by atoms with Crippen molar-refractivity contribution in [3.63, 3.8) is 0 Å². The van der Waals surface area contributed by atoms with Crippen LogP contribution in [0.4, 0.5) is 5.69 Å². The first-order valence-electron chi connectivity index (χ1n) is 9.35. The van der Waals surface area contributed by atoms with Gasteiger partial charge in [-0.15, -0.1) is 0 Å². The summed E-state index contributed by atoms with van der Waals surface area (Å²) < 4.78 is 31.9. The summed E-state index contributed by atoms with van der Waals surface area (Å²) in [5, 5.41) is 0.0114. The topological polar surface area (TPSA) is 81.3 Å². The van der Waals surface area contributed by atoms with Crippen molar-refractivity contribution in [1.82, 2.24) is 18.9 Å². The molecule has 0 bridgehead atoms. The zero-order chi connectivity index (χ0) is 20.8. The molecule has 0 atom stereocenters. The Morgan fingerprint density at radius 3 is 2.59 bits per heavy atom. The molecule has 0 spiro atoms. The largest absolute Gasteiger partial charge is 0.336 e. The first kappa shape index (κ1) is 19.2. The van der Waals surface area contributed by atoms with Gasteiger partial charge in [0.25, 0.3) is 10.0 Å². The fourth-order valence-corrected chi connectivity index (χ4v) is 4.34. The van der Waals surface area contributed by atoms with Gasteiger partial charge in [-0.2, -0.15) is 8.42 Å². The standard InChI is InChI=1S/C21H23N5O2S/c1-14(2)21-23-20(13-25(21)4)29(27,28)24-17-7-5-6-16(11-17)18-12-26-9-8-15(3)10-19(26)22-18/h5-14,24H,1-4H3. The highest BCUT2D eigenvalue weighted by Crippen LogP contribution is 2.25. The molecular weight excluding hydrogens is 386 g/mol. The summed E-state index contributed by atoms with van der Waals surface area (Å²) in [7, 11) is -1.99. The molecule has 0 amide bonds. The van der Waals surface area contributed by atoms with Gasteiger partial charge in [0.15, 0.2) is 5.03 Å². The van der Waals surface area contributed by atoms with Gasteiger partial charge >= 0.3 is 0 Å². The van der Waals surface area contributed by atoms with E-state index in [4.69, 9.17) is 0 Å². The van der Waals surface area contributed by atoms with Crippen LogP contribution >= 0.6 is 0 Å². The molecule has 4 aromatic rings. The molecule has 0 aliphatic rings. The molecule has 150 valence electrons. The van der Waals surface area contributed by atoms with Gasteiger partial charge < -0.3 is 8.97 Å². The summed E-state index contributed by atoms with van der Waals surface area (Å²) in [5.74, 6) is 0.852. The van der Waals surface area contributed by atoms with Crippen LogP contribution in [0, 0.1) is 6.92 Å². The fraction of sp³-hybridized carbons (Fsp3) is 0.238. The fourth-order valence-electron chi connectivity index (χ4n) is 3.29. The number of anilines is 1. The van der Waals surface area contributed by atoms with Crippen molar-refractivity contribution in [3.8, 4) is 11.3 Å². The molecule has 0 saturated heterocycles. The number of imidazole rings is 2. The molecule has 29 heavy (non-hydrogen) atoms. The van der Waals surface area contributed by atoms with Crippen LogP contribution in [0.15, 0.2) is 60.0 Å². The molecule has 8 heteroatoms. The Bertz CT molecular complexity index is 1300. The van der Waals surface area contributed by atoms with Gasteiger partial charge in [0.1, 0.15) is 11.5 Å². The molecule has 0 unspecified atom stereocenters. The van der Waals surface area contributed by atoms with Crippen LogP contribution in [-0.4, -0.2) is 27.4 Å². The maximum Gasteiger partial charge on any atom is 0.280 e. The lowest BCUT2D eigenvalue weighted by atomic mass is 10.1. The lowest BCUT2D eigenvalue weighted by Gasteiger charge is -2.07. The molecule has 3 heterocycles. The Labute approximate surface area is 170 Å². The summed E-state index contributed by atoms with van der Waals surface area (Å²) in [6, 6.07) is 11.2. The molecular formula is C21H23N5O2S. The summed E-state index contributed by atoms with van der Waals surface area (Å²) in [4.78, 5) is 8.94. The number of nitrogens with zero attached hydrogens (tertiary/aromatic N) is 4. The summed E-state index contributed by atoms with van der Waals surface area (Å²) >= 11 is 0. The molecule has 0 fully saturated rings. The third-order valence-electron chi connectivity index (χ3n) is 4.71. The van der Waals surface area contributed by atoms with Crippen LogP contribution in [0.2, 0.25) is 0 Å². The number of fused-ring (bicyclic) bond motifs is 1. The van der Waals surface area contributed by atoms with Crippen LogP contribution in [0.5, 0.6) is 0 Å². The molecule has 0 aliphatic carbocycles. The highest BCUT2D eigenvalue weighted by atomic mass is 32.2. The zero-order valence-corrected chi connectivity index (χ0v) is 17.6. The number of rotatable bonds is 5. The third-order valence-corrected chi connectivity index (χ3v) is 5.96. The van der Waals surface area contributed by atoms with Crippen molar-refractivity contribution in [2.45, 2.75) is 31.7 Å². The van der Waals surface area contributed by atoms with E-state index in [0.29, 0.717) is 5.69 Å². The molecule has 0 aliphatic heterocycles. The van der Waals surface area contributed by atoms with Crippen LogP contribution in [-0.2, 0) is 17.1 Å². The maximum absolute atomic E-state index is 12.8. The lowest BCUT2D eigenvalue weighted by Crippen LogP contribution is -2.13. The Morgan fingerprint density at radius 1 is 1.07 bits per heavy atom. The highest BCUT2D eigenvalue weighted by molar-refractivity contribution is 7.92. The van der Waals surface area contributed by atoms with Gasteiger partial charge in [-0.3, -0.25) is 4.72 Å². The van der Waals surface area contributed by atoms with Crippen LogP contribution in [0.1, 0.15) is 31.2 Å². The molecule has 4 rings (SSSR count). The van der Waals surface area contributed by atoms with E-state index in [0.717, 1.165) is 28.3 Å². The van der Waals surface area contributed by atoms with E-state index in [2.05, 4.69) is 14.7 Å². The Kier molecular flexibility index (Phi) is 4.66. The van der Waals surface area contributed by atoms with Crippen molar-refractivity contribution in [2.75, 3.05) is 4.72 Å². The van der Waals surface area contributed by atoms with Crippen LogP contribution < -0.4 is 4.72 Å². The normalized spacial score (nSPS) is 12.0. The summed E-state index contributed by atoms with van der Waals surface area (Å²) in [6.45, 7) is 5.98. The van der Waals surface area contributed by atoms with E-state index in [1.54, 1.807) is 29.8 Å². The number of benzene rings is 1. The molecule has 1 aromatic carbocycles. The second kappa shape index (κ2) is 7.04. The third kappa shape index (κ3) is 3.75. The predicted molar refractivity (Wildman–Crippen MR) is 113 cm³/mol. The van der Waals surface area contributed by atoms with Crippen molar-refractivity contribution in [3.05, 3.63) is 66.4 Å². The van der Waals surface area contributed by atoms with Crippen molar-refractivity contribution < 1.29 is 8.42 Å². The second-order valence-corrected chi connectivity index (χ2v) is 9.11. The van der Waals surface area contributed by atoms with E-state index in [1.807, 2.05) is 55.8 Å². The molecule has 3 aromatic heterocycles. The van der Waals surface area contributed by atoms with E-state index in [9.17, 15) is 8.42 Å². The predicted octanol–water partition coefficient (Wildman–Crippen LogP) is 3.97. The van der Waals surface area contributed by atoms with E-state index < -0.39 is 10.0 Å². The molecule has 7 nitrogen and oxygen atoms in total. The Morgan fingerprint density at radius 2 is 1.86 bits per heavy atom. The summed E-state index contributed by atoms with van der Waals surface area (Å²) in [5.41, 5.74) is 4.05. The smallest absolute Gasteiger partial charge is 0.280 e. The number of hydrogen-bond donors (Lipinski definition) is 1. The quantitative estimate of drug-likeness (QED) is 0.541. The number of hydrogen-bond acceptors (Lipinski definition) is 4. The highest BCUT2D eigenvalue weighted by Gasteiger charge is 2.21. The minimum absolute atomic E-state index is 0.0114. The second-order valence-electron chi connectivity index (χ2n) is 7.48. The van der Waals surface area contributed by atoms with Gasteiger partial charge in [-0.05, 0) is 36.8 Å². The average molecular weight is 410 g/mol. The van der Waals surface area contributed by atoms with Crippen molar-refractivity contribution in [1.29, 1.82) is 0 Å². The van der Waals surface area contributed by atoms with Gasteiger partial charge in [-0.1, -0.05) is 26.0 Å². The lowest BCUT2D eigenvalue weighted by molar-refractivity contribution is 0.597. The average Bonchev–Trinajstić information content (AvgIpc) is 3.25. The summed E-state index contributed by atoms with van der Waals surface area (Å²) in [6.07, 6.45) is 5.42. The Hall–Kier alpha value is -3.13. The maximum atomic E-state index is 12.8. The number of aryl methyl sites for hydroxylation is 2. The number of sulfonamides is 1. The Balaban J connectivity index is 1.65.